The Labute approximate surface area is 126 Å². The second kappa shape index (κ2) is 5.90. The zero-order chi connectivity index (χ0) is 14.8. The Hall–Kier alpha value is -1.81. The summed E-state index contributed by atoms with van der Waals surface area (Å²) in [4.78, 5) is 2.51. The van der Waals surface area contributed by atoms with Gasteiger partial charge in [-0.05, 0) is 38.3 Å². The van der Waals surface area contributed by atoms with Gasteiger partial charge in [-0.1, -0.05) is 25.1 Å². The predicted octanol–water partition coefficient (Wildman–Crippen LogP) is 3.02. The van der Waals surface area contributed by atoms with E-state index in [1.807, 2.05) is 6.07 Å². The maximum absolute atomic E-state index is 6.02. The van der Waals surface area contributed by atoms with E-state index in [1.165, 1.54) is 24.2 Å². The molecule has 1 fully saturated rings. The number of aryl methyl sites for hydroxylation is 1. The zero-order valence-corrected chi connectivity index (χ0v) is 12.9. The van der Waals surface area contributed by atoms with Gasteiger partial charge < -0.3 is 10.6 Å². The molecule has 0 spiro atoms. The SMILES string of the molecule is CCCN(c1c(CN)c(C)nn1-c1ccccc1)C1CC1. The van der Waals surface area contributed by atoms with Crippen LogP contribution in [0.3, 0.4) is 0 Å². The minimum atomic E-state index is 0.543. The smallest absolute Gasteiger partial charge is 0.137 e. The Morgan fingerprint density at radius 2 is 2.00 bits per heavy atom. The van der Waals surface area contributed by atoms with Crippen molar-refractivity contribution in [3.05, 3.63) is 41.6 Å². The van der Waals surface area contributed by atoms with Crippen LogP contribution in [0.15, 0.2) is 30.3 Å². The first-order valence-electron chi connectivity index (χ1n) is 7.86. The molecule has 4 heteroatoms. The van der Waals surface area contributed by atoms with Gasteiger partial charge in [0.2, 0.25) is 0 Å². The van der Waals surface area contributed by atoms with Crippen LogP contribution >= 0.6 is 0 Å². The molecule has 0 unspecified atom stereocenters. The van der Waals surface area contributed by atoms with Crippen LogP contribution in [0.1, 0.15) is 37.4 Å². The lowest BCUT2D eigenvalue weighted by atomic mass is 10.2. The molecule has 0 amide bonds. The molecule has 0 radical (unpaired) electrons. The number of hydrogen-bond acceptors (Lipinski definition) is 3. The number of hydrogen-bond donors (Lipinski definition) is 1. The molecular formula is C17H24N4. The van der Waals surface area contributed by atoms with Gasteiger partial charge in [-0.25, -0.2) is 4.68 Å². The average molecular weight is 284 g/mol. The quantitative estimate of drug-likeness (QED) is 0.887. The lowest BCUT2D eigenvalue weighted by molar-refractivity contribution is 0.717. The van der Waals surface area contributed by atoms with E-state index in [0.717, 1.165) is 24.3 Å². The summed E-state index contributed by atoms with van der Waals surface area (Å²) < 4.78 is 2.07. The average Bonchev–Trinajstić information content (AvgIpc) is 3.29. The van der Waals surface area contributed by atoms with Crippen molar-refractivity contribution in [1.82, 2.24) is 9.78 Å². The lowest BCUT2D eigenvalue weighted by Crippen LogP contribution is -2.30. The van der Waals surface area contributed by atoms with Gasteiger partial charge in [-0.2, -0.15) is 5.10 Å². The topological polar surface area (TPSA) is 47.1 Å². The molecule has 1 aromatic heterocycles. The molecule has 1 saturated carbocycles. The highest BCUT2D eigenvalue weighted by molar-refractivity contribution is 5.56. The maximum atomic E-state index is 6.02. The maximum Gasteiger partial charge on any atom is 0.137 e. The second-order valence-corrected chi connectivity index (χ2v) is 5.76. The molecule has 112 valence electrons. The molecule has 0 aliphatic heterocycles. The van der Waals surface area contributed by atoms with Crippen molar-refractivity contribution in [3.63, 3.8) is 0 Å². The third-order valence-electron chi connectivity index (χ3n) is 4.09. The third kappa shape index (κ3) is 2.68. The van der Waals surface area contributed by atoms with E-state index >= 15 is 0 Å². The van der Waals surface area contributed by atoms with E-state index < -0.39 is 0 Å². The predicted molar refractivity (Wildman–Crippen MR) is 86.9 cm³/mol. The van der Waals surface area contributed by atoms with Crippen molar-refractivity contribution >= 4 is 5.82 Å². The summed E-state index contributed by atoms with van der Waals surface area (Å²) in [5.74, 6) is 1.20. The van der Waals surface area contributed by atoms with E-state index in [1.54, 1.807) is 0 Å². The molecule has 1 aliphatic rings. The van der Waals surface area contributed by atoms with Crippen LogP contribution in [-0.4, -0.2) is 22.4 Å². The molecule has 1 aliphatic carbocycles. The van der Waals surface area contributed by atoms with Gasteiger partial charge in [0.05, 0.1) is 11.4 Å². The minimum absolute atomic E-state index is 0.543. The number of para-hydroxylation sites is 1. The third-order valence-corrected chi connectivity index (χ3v) is 4.09. The van der Waals surface area contributed by atoms with Gasteiger partial charge in [0.25, 0.3) is 0 Å². The van der Waals surface area contributed by atoms with Crippen LogP contribution in [0.2, 0.25) is 0 Å². The van der Waals surface area contributed by atoms with Gasteiger partial charge in [0.1, 0.15) is 5.82 Å². The van der Waals surface area contributed by atoms with Gasteiger partial charge in [-0.15, -0.1) is 0 Å². The first kappa shape index (κ1) is 14.1. The van der Waals surface area contributed by atoms with Gasteiger partial charge in [0.15, 0.2) is 0 Å². The van der Waals surface area contributed by atoms with Crippen LogP contribution < -0.4 is 10.6 Å². The van der Waals surface area contributed by atoms with E-state index in [4.69, 9.17) is 10.8 Å². The number of benzene rings is 1. The van der Waals surface area contributed by atoms with E-state index in [0.29, 0.717) is 12.6 Å². The highest BCUT2D eigenvalue weighted by atomic mass is 15.4. The molecule has 21 heavy (non-hydrogen) atoms. The summed E-state index contributed by atoms with van der Waals surface area (Å²) in [6.45, 7) is 5.90. The normalized spacial score (nSPS) is 14.4. The molecule has 2 N–H and O–H groups in total. The van der Waals surface area contributed by atoms with Crippen molar-refractivity contribution in [3.8, 4) is 5.69 Å². The summed E-state index contributed by atoms with van der Waals surface area (Å²) in [6, 6.07) is 11.0. The molecule has 0 saturated heterocycles. The Bertz CT molecular complexity index is 599. The molecule has 3 rings (SSSR count). The number of nitrogens with zero attached hydrogens (tertiary/aromatic N) is 3. The molecule has 1 aromatic carbocycles. The number of anilines is 1. The molecule has 2 aromatic rings. The van der Waals surface area contributed by atoms with Crippen LogP contribution in [0.5, 0.6) is 0 Å². The van der Waals surface area contributed by atoms with E-state index in [2.05, 4.69) is 47.7 Å². The van der Waals surface area contributed by atoms with Crippen molar-refractivity contribution < 1.29 is 0 Å². The highest BCUT2D eigenvalue weighted by Crippen LogP contribution is 2.36. The van der Waals surface area contributed by atoms with E-state index in [9.17, 15) is 0 Å². The first-order valence-corrected chi connectivity index (χ1v) is 7.86. The standard InChI is InChI=1S/C17H24N4/c1-3-11-20(14-9-10-14)17-16(12-18)13(2)19-21(17)15-7-5-4-6-8-15/h4-8,14H,3,9-12,18H2,1-2H3. The molecule has 0 atom stereocenters. The monoisotopic (exact) mass is 284 g/mol. The minimum Gasteiger partial charge on any atom is -0.353 e. The Balaban J connectivity index is 2.11. The fraction of sp³-hybridized carbons (Fsp3) is 0.471. The van der Waals surface area contributed by atoms with Gasteiger partial charge in [0, 0.05) is 24.7 Å². The van der Waals surface area contributed by atoms with Crippen LogP contribution in [0.4, 0.5) is 5.82 Å². The van der Waals surface area contributed by atoms with Gasteiger partial charge >= 0.3 is 0 Å². The molecule has 0 bridgehead atoms. The largest absolute Gasteiger partial charge is 0.353 e. The summed E-state index contributed by atoms with van der Waals surface area (Å²) in [7, 11) is 0. The summed E-state index contributed by atoms with van der Waals surface area (Å²) in [5, 5.41) is 4.76. The fourth-order valence-electron chi connectivity index (χ4n) is 2.92. The number of rotatable bonds is 6. The Morgan fingerprint density at radius 3 is 2.57 bits per heavy atom. The molecule has 4 nitrogen and oxygen atoms in total. The first-order chi connectivity index (χ1) is 10.3. The van der Waals surface area contributed by atoms with Crippen LogP contribution in [0, 0.1) is 6.92 Å². The van der Waals surface area contributed by atoms with Crippen molar-refractivity contribution in [2.45, 2.75) is 45.7 Å². The summed E-state index contributed by atoms with van der Waals surface area (Å²) >= 11 is 0. The molecule has 1 heterocycles. The Morgan fingerprint density at radius 1 is 1.29 bits per heavy atom. The zero-order valence-electron chi connectivity index (χ0n) is 12.9. The van der Waals surface area contributed by atoms with Crippen molar-refractivity contribution in [1.29, 1.82) is 0 Å². The Kier molecular flexibility index (Phi) is 3.97. The lowest BCUT2D eigenvalue weighted by Gasteiger charge is -2.26. The van der Waals surface area contributed by atoms with Crippen LogP contribution in [0.25, 0.3) is 5.69 Å². The summed E-state index contributed by atoms with van der Waals surface area (Å²) in [5.41, 5.74) is 9.35. The fourth-order valence-corrected chi connectivity index (χ4v) is 2.92. The van der Waals surface area contributed by atoms with Crippen LogP contribution in [-0.2, 0) is 6.54 Å². The molecular weight excluding hydrogens is 260 g/mol. The van der Waals surface area contributed by atoms with Crippen molar-refractivity contribution in [2.24, 2.45) is 5.73 Å². The van der Waals surface area contributed by atoms with Gasteiger partial charge in [-0.3, -0.25) is 0 Å². The summed E-state index contributed by atoms with van der Waals surface area (Å²) in [6.07, 6.45) is 3.70. The van der Waals surface area contributed by atoms with E-state index in [-0.39, 0.29) is 0 Å². The highest BCUT2D eigenvalue weighted by Gasteiger charge is 2.33. The second-order valence-electron chi connectivity index (χ2n) is 5.76. The number of nitrogens with two attached hydrogens (primary N) is 1. The number of aromatic nitrogens is 2. The van der Waals surface area contributed by atoms with Crippen molar-refractivity contribution in [2.75, 3.05) is 11.4 Å².